The largest absolute Gasteiger partial charge is 0.394 e. The van der Waals surface area contributed by atoms with Gasteiger partial charge in [-0.15, -0.1) is 0 Å². The summed E-state index contributed by atoms with van der Waals surface area (Å²) >= 11 is 0. The Kier molecular flexibility index (Phi) is 16.2. The van der Waals surface area contributed by atoms with Crippen LogP contribution in [0.5, 0.6) is 0 Å². The predicted octanol–water partition coefficient (Wildman–Crippen LogP) is -0.383. The second-order valence-corrected chi connectivity index (χ2v) is 6.13. The molecule has 3 atom stereocenters. The molecule has 1 aliphatic heterocycles. The number of rotatable bonds is 21. The van der Waals surface area contributed by atoms with Crippen molar-refractivity contribution < 1.29 is 43.4 Å². The molecule has 0 amide bonds. The van der Waals surface area contributed by atoms with E-state index < -0.39 is 6.10 Å². The second-order valence-electron chi connectivity index (χ2n) is 6.13. The van der Waals surface area contributed by atoms with Crippen LogP contribution >= 0.6 is 0 Å². The van der Waals surface area contributed by atoms with Crippen molar-refractivity contribution >= 4 is 0 Å². The first-order valence-electron chi connectivity index (χ1n) is 9.65. The van der Waals surface area contributed by atoms with Crippen LogP contribution in [0.25, 0.3) is 0 Å². The molecule has 0 aromatic carbocycles. The maximum atomic E-state index is 9.65. The van der Waals surface area contributed by atoms with E-state index in [1.54, 1.807) is 6.92 Å². The van der Waals surface area contributed by atoms with Crippen LogP contribution in [0.1, 0.15) is 13.3 Å². The lowest BCUT2D eigenvalue weighted by Crippen LogP contribution is -2.29. The third-order valence-electron chi connectivity index (χ3n) is 3.72. The Morgan fingerprint density at radius 3 is 1.56 bits per heavy atom. The van der Waals surface area contributed by atoms with Crippen LogP contribution in [-0.4, -0.2) is 114 Å². The van der Waals surface area contributed by atoms with Crippen LogP contribution in [0.15, 0.2) is 0 Å². The molecule has 3 unspecified atom stereocenters. The zero-order valence-corrected chi connectivity index (χ0v) is 16.4. The number of epoxide rings is 1. The molecule has 2 N–H and O–H groups in total. The average molecular weight is 396 g/mol. The maximum Gasteiger partial charge on any atom is 0.0857 e. The minimum absolute atomic E-state index is 0.0294. The van der Waals surface area contributed by atoms with Crippen LogP contribution in [0.4, 0.5) is 0 Å². The first-order valence-corrected chi connectivity index (χ1v) is 9.65. The standard InChI is InChI=1S/C18H36O9/c1-16(20)18(14-17-15-27-17)26-13-12-25-11-10-24-9-8-23-7-6-22-5-4-21-3-2-19/h16-20H,2-15H2,1H3. The Morgan fingerprint density at radius 2 is 1.19 bits per heavy atom. The first-order chi connectivity index (χ1) is 13.2. The van der Waals surface area contributed by atoms with Gasteiger partial charge in [0, 0.05) is 6.42 Å². The second kappa shape index (κ2) is 17.7. The molecular formula is C18H36O9. The molecule has 0 radical (unpaired) electrons. The molecule has 0 spiro atoms. The summed E-state index contributed by atoms with van der Waals surface area (Å²) in [5.41, 5.74) is 0. The molecule has 9 nitrogen and oxygen atoms in total. The summed E-state index contributed by atoms with van der Waals surface area (Å²) < 4.78 is 37.3. The van der Waals surface area contributed by atoms with Gasteiger partial charge in [0.15, 0.2) is 0 Å². The highest BCUT2D eigenvalue weighted by molar-refractivity contribution is 4.77. The van der Waals surface area contributed by atoms with Gasteiger partial charge in [0.25, 0.3) is 0 Å². The third-order valence-corrected chi connectivity index (χ3v) is 3.72. The van der Waals surface area contributed by atoms with Gasteiger partial charge in [-0.3, -0.25) is 0 Å². The van der Waals surface area contributed by atoms with Gasteiger partial charge in [-0.25, -0.2) is 0 Å². The quantitative estimate of drug-likeness (QED) is 0.198. The summed E-state index contributed by atoms with van der Waals surface area (Å²) in [5.74, 6) is 0. The van der Waals surface area contributed by atoms with E-state index in [1.165, 1.54) is 0 Å². The summed E-state index contributed by atoms with van der Waals surface area (Å²) in [6, 6.07) is 0. The van der Waals surface area contributed by atoms with Crippen molar-refractivity contribution in [2.45, 2.75) is 31.7 Å². The van der Waals surface area contributed by atoms with Crippen molar-refractivity contribution in [3.63, 3.8) is 0 Å². The fraction of sp³-hybridized carbons (Fsp3) is 1.00. The maximum absolute atomic E-state index is 9.65. The highest BCUT2D eigenvalue weighted by Crippen LogP contribution is 2.19. The van der Waals surface area contributed by atoms with Crippen molar-refractivity contribution in [1.29, 1.82) is 0 Å². The molecule has 0 aliphatic carbocycles. The minimum Gasteiger partial charge on any atom is -0.394 e. The Labute approximate surface area is 161 Å². The molecule has 0 aromatic heterocycles. The van der Waals surface area contributed by atoms with E-state index in [2.05, 4.69) is 0 Å². The molecule has 162 valence electrons. The van der Waals surface area contributed by atoms with Crippen LogP contribution in [0.3, 0.4) is 0 Å². The molecule has 0 bridgehead atoms. The van der Waals surface area contributed by atoms with Gasteiger partial charge in [0.2, 0.25) is 0 Å². The fourth-order valence-corrected chi connectivity index (χ4v) is 2.17. The molecule has 1 rings (SSSR count). The zero-order valence-electron chi connectivity index (χ0n) is 16.4. The summed E-state index contributed by atoms with van der Waals surface area (Å²) in [4.78, 5) is 0. The van der Waals surface area contributed by atoms with Crippen molar-refractivity contribution in [3.8, 4) is 0 Å². The lowest BCUT2D eigenvalue weighted by atomic mass is 10.1. The fourth-order valence-electron chi connectivity index (χ4n) is 2.17. The van der Waals surface area contributed by atoms with E-state index in [0.717, 1.165) is 13.0 Å². The van der Waals surface area contributed by atoms with Gasteiger partial charge in [-0.2, -0.15) is 0 Å². The monoisotopic (exact) mass is 396 g/mol. The zero-order chi connectivity index (χ0) is 19.6. The highest BCUT2D eigenvalue weighted by atomic mass is 16.6. The summed E-state index contributed by atoms with van der Waals surface area (Å²) in [6.45, 7) is 7.75. The summed E-state index contributed by atoms with van der Waals surface area (Å²) in [6.07, 6.45) is 0.246. The molecule has 1 saturated heterocycles. The van der Waals surface area contributed by atoms with E-state index in [1.807, 2.05) is 0 Å². The Morgan fingerprint density at radius 1 is 0.778 bits per heavy atom. The number of hydrogen-bond donors (Lipinski definition) is 2. The van der Waals surface area contributed by atoms with E-state index >= 15 is 0 Å². The van der Waals surface area contributed by atoms with Crippen LogP contribution in [0.2, 0.25) is 0 Å². The molecule has 27 heavy (non-hydrogen) atoms. The molecule has 1 fully saturated rings. The van der Waals surface area contributed by atoms with E-state index in [0.29, 0.717) is 72.7 Å². The van der Waals surface area contributed by atoms with Crippen molar-refractivity contribution in [2.75, 3.05) is 85.9 Å². The average Bonchev–Trinajstić information content (AvgIpc) is 3.47. The molecular weight excluding hydrogens is 360 g/mol. The van der Waals surface area contributed by atoms with Gasteiger partial charge < -0.3 is 43.4 Å². The molecule has 1 heterocycles. The van der Waals surface area contributed by atoms with Crippen molar-refractivity contribution in [3.05, 3.63) is 0 Å². The van der Waals surface area contributed by atoms with E-state index in [4.69, 9.17) is 38.3 Å². The van der Waals surface area contributed by atoms with Gasteiger partial charge in [0.1, 0.15) is 0 Å². The highest BCUT2D eigenvalue weighted by Gasteiger charge is 2.29. The normalized spacial score (nSPS) is 18.6. The Balaban J connectivity index is 1.72. The van der Waals surface area contributed by atoms with Gasteiger partial charge in [-0.1, -0.05) is 0 Å². The summed E-state index contributed by atoms with van der Waals surface area (Å²) in [5, 5.41) is 18.2. The molecule has 0 saturated carbocycles. The summed E-state index contributed by atoms with van der Waals surface area (Å²) in [7, 11) is 0. The first kappa shape index (κ1) is 24.7. The minimum atomic E-state index is -0.512. The third kappa shape index (κ3) is 16.3. The number of aliphatic hydroxyl groups is 2. The smallest absolute Gasteiger partial charge is 0.0857 e. The van der Waals surface area contributed by atoms with Crippen LogP contribution < -0.4 is 0 Å². The molecule has 9 heteroatoms. The van der Waals surface area contributed by atoms with Crippen molar-refractivity contribution in [1.82, 2.24) is 0 Å². The lowest BCUT2D eigenvalue weighted by Gasteiger charge is -2.19. The number of hydrogen-bond acceptors (Lipinski definition) is 9. The number of ether oxygens (including phenoxy) is 7. The number of aliphatic hydroxyl groups excluding tert-OH is 2. The predicted molar refractivity (Wildman–Crippen MR) is 97.0 cm³/mol. The SMILES string of the molecule is CC(O)C(CC1CO1)OCCOCCOCCOCCOCCOCCO. The van der Waals surface area contributed by atoms with Gasteiger partial charge in [0.05, 0.1) is 104 Å². The van der Waals surface area contributed by atoms with E-state index in [9.17, 15) is 5.11 Å². The van der Waals surface area contributed by atoms with Crippen LogP contribution in [0, 0.1) is 0 Å². The van der Waals surface area contributed by atoms with Crippen LogP contribution in [-0.2, 0) is 33.2 Å². The van der Waals surface area contributed by atoms with Gasteiger partial charge in [-0.05, 0) is 6.92 Å². The topological polar surface area (TPSA) is 108 Å². The van der Waals surface area contributed by atoms with E-state index in [-0.39, 0.29) is 18.8 Å². The Hall–Kier alpha value is -0.360. The van der Waals surface area contributed by atoms with Crippen molar-refractivity contribution in [2.24, 2.45) is 0 Å². The Bertz CT molecular complexity index is 313. The molecule has 1 aliphatic rings. The molecule has 0 aromatic rings. The van der Waals surface area contributed by atoms with Gasteiger partial charge >= 0.3 is 0 Å². The lowest BCUT2D eigenvalue weighted by molar-refractivity contribution is -0.0615.